The summed E-state index contributed by atoms with van der Waals surface area (Å²) in [7, 11) is 1.54. The molecule has 1 rings (SSSR count). The van der Waals surface area contributed by atoms with Gasteiger partial charge in [-0.1, -0.05) is 0 Å². The second-order valence-electron chi connectivity index (χ2n) is 4.68. The Balaban J connectivity index is 2.17. The number of nitrogens with zero attached hydrogens (tertiary/aromatic N) is 1. The first-order valence-electron chi connectivity index (χ1n) is 5.14. The number of carbonyl (C=O) groups is 1. The molecule has 2 N–H and O–H groups in total. The number of amides is 1. The van der Waals surface area contributed by atoms with E-state index in [1.165, 1.54) is 0 Å². The first-order valence-corrected chi connectivity index (χ1v) is 5.14. The summed E-state index contributed by atoms with van der Waals surface area (Å²) < 4.78 is 4.75. The third-order valence-electron chi connectivity index (χ3n) is 2.33. The minimum atomic E-state index is -0.687. The van der Waals surface area contributed by atoms with Crippen LogP contribution in [-0.2, 0) is 9.53 Å². The smallest absolute Gasteiger partial charge is 0.227 e. The van der Waals surface area contributed by atoms with Crippen molar-refractivity contribution in [2.24, 2.45) is 5.92 Å². The largest absolute Gasteiger partial charge is 0.389 e. The molecule has 0 bridgehead atoms. The van der Waals surface area contributed by atoms with Crippen LogP contribution in [0.25, 0.3) is 0 Å². The zero-order valence-electron chi connectivity index (χ0n) is 9.62. The number of hydrogen-bond acceptors (Lipinski definition) is 4. The summed E-state index contributed by atoms with van der Waals surface area (Å²) in [6.07, 6.45) is 0. The topological polar surface area (TPSA) is 61.8 Å². The Bertz CT molecular complexity index is 219. The predicted molar refractivity (Wildman–Crippen MR) is 56.2 cm³/mol. The van der Waals surface area contributed by atoms with Gasteiger partial charge in [0, 0.05) is 26.7 Å². The van der Waals surface area contributed by atoms with E-state index in [1.54, 1.807) is 21.0 Å². The van der Waals surface area contributed by atoms with E-state index in [4.69, 9.17) is 4.74 Å². The molecule has 1 heterocycles. The van der Waals surface area contributed by atoms with E-state index >= 15 is 0 Å². The normalized spacial score (nSPS) is 18.7. The van der Waals surface area contributed by atoms with Crippen LogP contribution in [0, 0.1) is 5.92 Å². The highest BCUT2D eigenvalue weighted by atomic mass is 16.5. The Morgan fingerprint density at radius 1 is 1.60 bits per heavy atom. The average Bonchev–Trinajstić information content (AvgIpc) is 2.05. The van der Waals surface area contributed by atoms with Gasteiger partial charge in [-0.25, -0.2) is 0 Å². The van der Waals surface area contributed by atoms with Gasteiger partial charge in [-0.3, -0.25) is 9.69 Å². The second kappa shape index (κ2) is 4.92. The van der Waals surface area contributed by atoms with Crippen LogP contribution < -0.4 is 5.32 Å². The minimum Gasteiger partial charge on any atom is -0.389 e. The number of β-amino-alcohol motifs (C(OH)–C–C–N with tert-alkyl or cyclic N) is 1. The molecule has 0 atom stereocenters. The van der Waals surface area contributed by atoms with Crippen molar-refractivity contribution >= 4 is 5.91 Å². The number of hydrogen-bond donors (Lipinski definition) is 2. The standard InChI is InChI=1S/C10H20N2O3/c1-10(2,14)6-12-4-8(5-12)9(13)11-7-15-3/h8,14H,4-7H2,1-3H3,(H,11,13). The van der Waals surface area contributed by atoms with E-state index in [0.29, 0.717) is 6.54 Å². The molecule has 1 amide bonds. The molecule has 5 heteroatoms. The van der Waals surface area contributed by atoms with Gasteiger partial charge in [-0.05, 0) is 13.8 Å². The van der Waals surface area contributed by atoms with Crippen LogP contribution in [0.4, 0.5) is 0 Å². The van der Waals surface area contributed by atoms with Gasteiger partial charge in [0.2, 0.25) is 5.91 Å². The SMILES string of the molecule is COCNC(=O)C1CN(CC(C)(C)O)C1. The van der Waals surface area contributed by atoms with E-state index in [1.807, 2.05) is 0 Å². The molecule has 15 heavy (non-hydrogen) atoms. The predicted octanol–water partition coefficient (Wildman–Crippen LogP) is -0.591. The summed E-state index contributed by atoms with van der Waals surface area (Å²) in [4.78, 5) is 13.5. The van der Waals surface area contributed by atoms with Gasteiger partial charge in [-0.15, -0.1) is 0 Å². The number of nitrogens with one attached hydrogen (secondary N) is 1. The van der Waals surface area contributed by atoms with Gasteiger partial charge in [0.05, 0.1) is 11.5 Å². The lowest BCUT2D eigenvalue weighted by Crippen LogP contribution is -2.56. The molecule has 0 unspecified atom stereocenters. The minimum absolute atomic E-state index is 0.0313. The maximum Gasteiger partial charge on any atom is 0.227 e. The van der Waals surface area contributed by atoms with E-state index < -0.39 is 5.60 Å². The maximum absolute atomic E-state index is 11.4. The summed E-state index contributed by atoms with van der Waals surface area (Å²) in [5, 5.41) is 12.2. The van der Waals surface area contributed by atoms with Crippen molar-refractivity contribution in [3.63, 3.8) is 0 Å². The van der Waals surface area contributed by atoms with E-state index in [0.717, 1.165) is 13.1 Å². The van der Waals surface area contributed by atoms with Crippen molar-refractivity contribution in [3.8, 4) is 0 Å². The number of methoxy groups -OCH3 is 1. The molecule has 0 aromatic carbocycles. The lowest BCUT2D eigenvalue weighted by molar-refractivity contribution is -0.133. The van der Waals surface area contributed by atoms with Crippen LogP contribution >= 0.6 is 0 Å². The zero-order chi connectivity index (χ0) is 11.5. The van der Waals surface area contributed by atoms with Gasteiger partial charge in [0.15, 0.2) is 0 Å². The van der Waals surface area contributed by atoms with Gasteiger partial charge in [-0.2, -0.15) is 0 Å². The lowest BCUT2D eigenvalue weighted by Gasteiger charge is -2.41. The number of ether oxygens (including phenoxy) is 1. The maximum atomic E-state index is 11.4. The van der Waals surface area contributed by atoms with Gasteiger partial charge >= 0.3 is 0 Å². The number of carbonyl (C=O) groups excluding carboxylic acids is 1. The number of likely N-dealkylation sites (tertiary alicyclic amines) is 1. The van der Waals surface area contributed by atoms with E-state index in [-0.39, 0.29) is 18.6 Å². The molecule has 0 radical (unpaired) electrons. The highest BCUT2D eigenvalue weighted by Crippen LogP contribution is 2.18. The number of rotatable bonds is 5. The van der Waals surface area contributed by atoms with Gasteiger partial charge < -0.3 is 15.2 Å². The number of aliphatic hydroxyl groups is 1. The molecule has 1 aliphatic rings. The van der Waals surface area contributed by atoms with Crippen LogP contribution in [-0.4, -0.2) is 55.0 Å². The Labute approximate surface area is 90.4 Å². The molecular formula is C10H20N2O3. The first-order chi connectivity index (χ1) is 6.92. The Kier molecular flexibility index (Phi) is 4.07. The highest BCUT2D eigenvalue weighted by Gasteiger charge is 2.34. The molecule has 1 aliphatic heterocycles. The van der Waals surface area contributed by atoms with Crippen LogP contribution in [0.1, 0.15) is 13.8 Å². The molecule has 0 aromatic rings. The molecule has 5 nitrogen and oxygen atoms in total. The molecule has 1 saturated heterocycles. The molecule has 0 aliphatic carbocycles. The summed E-state index contributed by atoms with van der Waals surface area (Å²) in [5.41, 5.74) is -0.687. The molecule has 88 valence electrons. The average molecular weight is 216 g/mol. The van der Waals surface area contributed by atoms with Crippen molar-refractivity contribution in [1.29, 1.82) is 0 Å². The van der Waals surface area contributed by atoms with E-state index in [2.05, 4.69) is 10.2 Å². The van der Waals surface area contributed by atoms with Crippen LogP contribution in [0.2, 0.25) is 0 Å². The Morgan fingerprint density at radius 2 is 2.20 bits per heavy atom. The van der Waals surface area contributed by atoms with E-state index in [9.17, 15) is 9.90 Å². The zero-order valence-corrected chi connectivity index (χ0v) is 9.62. The van der Waals surface area contributed by atoms with Gasteiger partial charge in [0.25, 0.3) is 0 Å². The molecule has 1 fully saturated rings. The van der Waals surface area contributed by atoms with Crippen molar-refractivity contribution < 1.29 is 14.6 Å². The fraction of sp³-hybridized carbons (Fsp3) is 0.900. The summed E-state index contributed by atoms with van der Waals surface area (Å²) >= 11 is 0. The van der Waals surface area contributed by atoms with Crippen molar-refractivity contribution in [2.45, 2.75) is 19.4 Å². The van der Waals surface area contributed by atoms with Crippen LogP contribution in [0.3, 0.4) is 0 Å². The quantitative estimate of drug-likeness (QED) is 0.603. The van der Waals surface area contributed by atoms with Crippen molar-refractivity contribution in [1.82, 2.24) is 10.2 Å². The Hall–Kier alpha value is -0.650. The third-order valence-corrected chi connectivity index (χ3v) is 2.33. The fourth-order valence-electron chi connectivity index (χ4n) is 1.70. The van der Waals surface area contributed by atoms with Crippen LogP contribution in [0.5, 0.6) is 0 Å². The lowest BCUT2D eigenvalue weighted by atomic mass is 9.96. The molecule has 0 aromatic heterocycles. The highest BCUT2D eigenvalue weighted by molar-refractivity contribution is 5.79. The molecule has 0 spiro atoms. The second-order valence-corrected chi connectivity index (χ2v) is 4.68. The summed E-state index contributed by atoms with van der Waals surface area (Å²) in [6.45, 7) is 5.86. The molecule has 0 saturated carbocycles. The van der Waals surface area contributed by atoms with Crippen molar-refractivity contribution in [2.75, 3.05) is 33.5 Å². The fourth-order valence-corrected chi connectivity index (χ4v) is 1.70. The Morgan fingerprint density at radius 3 is 2.67 bits per heavy atom. The third kappa shape index (κ3) is 4.15. The summed E-state index contributed by atoms with van der Waals surface area (Å²) in [5.74, 6) is 0.0753. The molecular weight excluding hydrogens is 196 g/mol. The van der Waals surface area contributed by atoms with Gasteiger partial charge in [0.1, 0.15) is 6.73 Å². The van der Waals surface area contributed by atoms with Crippen molar-refractivity contribution in [3.05, 3.63) is 0 Å². The summed E-state index contributed by atoms with van der Waals surface area (Å²) in [6, 6.07) is 0. The van der Waals surface area contributed by atoms with Crippen LogP contribution in [0.15, 0.2) is 0 Å². The first kappa shape index (κ1) is 12.4. The monoisotopic (exact) mass is 216 g/mol.